The number of nitrogens with two attached hydrogens (primary N) is 1. The standard InChI is InChI=1S/C9H17FN2O.ClH/c10-9(1-2-9)7-12-3-4-13-8(5-11)6-12;/h8H,1-7,11H2;1H. The molecule has 2 rings (SSSR count). The summed E-state index contributed by atoms with van der Waals surface area (Å²) in [6.45, 7) is 3.45. The Morgan fingerprint density at radius 3 is 2.79 bits per heavy atom. The van der Waals surface area contributed by atoms with Gasteiger partial charge in [0.15, 0.2) is 0 Å². The zero-order chi connectivity index (χ0) is 9.31. The molecule has 0 radical (unpaired) electrons. The molecule has 0 spiro atoms. The fourth-order valence-corrected chi connectivity index (χ4v) is 1.76. The van der Waals surface area contributed by atoms with E-state index in [0.717, 1.165) is 25.9 Å². The molecule has 5 heteroatoms. The van der Waals surface area contributed by atoms with Gasteiger partial charge in [0.25, 0.3) is 0 Å². The Balaban J connectivity index is 0.000000980. The number of nitrogens with zero attached hydrogens (tertiary/aromatic N) is 1. The molecule has 0 bridgehead atoms. The molecule has 1 aliphatic carbocycles. The molecule has 1 aliphatic heterocycles. The molecule has 1 atom stereocenters. The fraction of sp³-hybridized carbons (Fsp3) is 1.00. The van der Waals surface area contributed by atoms with Gasteiger partial charge in [-0.3, -0.25) is 4.90 Å². The maximum absolute atomic E-state index is 13.4. The minimum absolute atomic E-state index is 0. The molecule has 1 heterocycles. The van der Waals surface area contributed by atoms with Gasteiger partial charge in [0, 0.05) is 26.2 Å². The molecule has 0 aromatic carbocycles. The summed E-state index contributed by atoms with van der Waals surface area (Å²) >= 11 is 0. The minimum Gasteiger partial charge on any atom is -0.374 e. The van der Waals surface area contributed by atoms with Crippen molar-refractivity contribution in [1.82, 2.24) is 4.90 Å². The molecule has 3 nitrogen and oxygen atoms in total. The zero-order valence-corrected chi connectivity index (χ0v) is 9.06. The molecule has 84 valence electrons. The van der Waals surface area contributed by atoms with Crippen molar-refractivity contribution >= 4 is 12.4 Å². The summed E-state index contributed by atoms with van der Waals surface area (Å²) in [5.41, 5.74) is 4.62. The van der Waals surface area contributed by atoms with Gasteiger partial charge in [-0.15, -0.1) is 12.4 Å². The van der Waals surface area contributed by atoms with Crippen LogP contribution in [0.2, 0.25) is 0 Å². The highest BCUT2D eigenvalue weighted by molar-refractivity contribution is 5.85. The van der Waals surface area contributed by atoms with E-state index in [0.29, 0.717) is 19.7 Å². The third-order valence-electron chi connectivity index (χ3n) is 2.79. The Bertz CT molecular complexity index is 190. The van der Waals surface area contributed by atoms with Crippen molar-refractivity contribution in [2.24, 2.45) is 5.73 Å². The summed E-state index contributed by atoms with van der Waals surface area (Å²) in [4.78, 5) is 2.13. The molecule has 1 saturated carbocycles. The second kappa shape index (κ2) is 4.75. The van der Waals surface area contributed by atoms with Crippen molar-refractivity contribution in [2.45, 2.75) is 24.6 Å². The van der Waals surface area contributed by atoms with Gasteiger partial charge in [0.2, 0.25) is 0 Å². The molecular formula is C9H18ClFN2O. The number of halogens is 2. The molecule has 1 unspecified atom stereocenters. The van der Waals surface area contributed by atoms with Crippen LogP contribution in [-0.4, -0.2) is 49.5 Å². The number of hydrogen-bond donors (Lipinski definition) is 1. The molecule has 1 saturated heterocycles. The minimum atomic E-state index is -0.878. The largest absolute Gasteiger partial charge is 0.374 e. The third-order valence-corrected chi connectivity index (χ3v) is 2.79. The number of rotatable bonds is 3. The van der Waals surface area contributed by atoms with Crippen LogP contribution >= 0.6 is 12.4 Å². The van der Waals surface area contributed by atoms with Crippen LogP contribution in [0.1, 0.15) is 12.8 Å². The van der Waals surface area contributed by atoms with Crippen LogP contribution in [0.4, 0.5) is 4.39 Å². The Morgan fingerprint density at radius 2 is 2.21 bits per heavy atom. The number of alkyl halides is 1. The highest BCUT2D eigenvalue weighted by atomic mass is 35.5. The Kier molecular flexibility index (Phi) is 4.13. The van der Waals surface area contributed by atoms with Crippen molar-refractivity contribution in [3.63, 3.8) is 0 Å². The molecule has 2 N–H and O–H groups in total. The first-order valence-electron chi connectivity index (χ1n) is 4.95. The molecule has 0 aromatic rings. The SMILES string of the molecule is Cl.NCC1CN(CC2(F)CC2)CCO1. The Morgan fingerprint density at radius 1 is 1.50 bits per heavy atom. The van der Waals surface area contributed by atoms with Gasteiger partial charge < -0.3 is 10.5 Å². The molecule has 14 heavy (non-hydrogen) atoms. The second-order valence-electron chi connectivity index (χ2n) is 4.11. The summed E-state index contributed by atoms with van der Waals surface area (Å²) < 4.78 is 18.8. The van der Waals surface area contributed by atoms with E-state index in [1.165, 1.54) is 0 Å². The van der Waals surface area contributed by atoms with Crippen molar-refractivity contribution in [1.29, 1.82) is 0 Å². The van der Waals surface area contributed by atoms with Gasteiger partial charge in [-0.2, -0.15) is 0 Å². The topological polar surface area (TPSA) is 38.5 Å². The van der Waals surface area contributed by atoms with Crippen LogP contribution in [-0.2, 0) is 4.74 Å². The number of morpholine rings is 1. The average Bonchev–Trinajstić information content (AvgIpc) is 2.84. The van der Waals surface area contributed by atoms with Gasteiger partial charge in [0.05, 0.1) is 12.7 Å². The van der Waals surface area contributed by atoms with Crippen molar-refractivity contribution in [2.75, 3.05) is 32.8 Å². The molecule has 2 aliphatic rings. The van der Waals surface area contributed by atoms with E-state index in [4.69, 9.17) is 10.5 Å². The number of hydrogen-bond acceptors (Lipinski definition) is 3. The summed E-state index contributed by atoms with van der Waals surface area (Å²) in [5, 5.41) is 0. The Hall–Kier alpha value is 0.1000. The van der Waals surface area contributed by atoms with E-state index in [-0.39, 0.29) is 18.5 Å². The molecule has 0 amide bonds. The van der Waals surface area contributed by atoms with E-state index in [1.54, 1.807) is 0 Å². The van der Waals surface area contributed by atoms with E-state index < -0.39 is 5.67 Å². The van der Waals surface area contributed by atoms with Crippen LogP contribution in [0, 0.1) is 0 Å². The zero-order valence-electron chi connectivity index (χ0n) is 8.25. The lowest BCUT2D eigenvalue weighted by Crippen LogP contribution is -2.47. The van der Waals surface area contributed by atoms with Crippen LogP contribution in [0.15, 0.2) is 0 Å². The van der Waals surface area contributed by atoms with E-state index >= 15 is 0 Å². The van der Waals surface area contributed by atoms with Gasteiger partial charge in [-0.25, -0.2) is 4.39 Å². The monoisotopic (exact) mass is 224 g/mol. The molecule has 0 aromatic heterocycles. The van der Waals surface area contributed by atoms with E-state index in [1.807, 2.05) is 0 Å². The van der Waals surface area contributed by atoms with E-state index in [2.05, 4.69) is 4.90 Å². The summed E-state index contributed by atoms with van der Waals surface area (Å²) in [5.74, 6) is 0. The summed E-state index contributed by atoms with van der Waals surface area (Å²) in [7, 11) is 0. The maximum Gasteiger partial charge on any atom is 0.123 e. The summed E-state index contributed by atoms with van der Waals surface area (Å²) in [6.07, 6.45) is 1.58. The third kappa shape index (κ3) is 3.05. The predicted octanol–water partition coefficient (Wildman–Crippen LogP) is 0.570. The quantitative estimate of drug-likeness (QED) is 0.762. The predicted molar refractivity (Wildman–Crippen MR) is 55.6 cm³/mol. The first-order chi connectivity index (χ1) is 6.22. The summed E-state index contributed by atoms with van der Waals surface area (Å²) in [6, 6.07) is 0. The Labute approximate surface area is 90.2 Å². The smallest absolute Gasteiger partial charge is 0.123 e. The van der Waals surface area contributed by atoms with Crippen molar-refractivity contribution in [3.8, 4) is 0 Å². The van der Waals surface area contributed by atoms with Crippen LogP contribution in [0.25, 0.3) is 0 Å². The van der Waals surface area contributed by atoms with Crippen molar-refractivity contribution in [3.05, 3.63) is 0 Å². The lowest BCUT2D eigenvalue weighted by Gasteiger charge is -2.33. The highest BCUT2D eigenvalue weighted by Gasteiger charge is 2.44. The lowest BCUT2D eigenvalue weighted by atomic mass is 10.2. The van der Waals surface area contributed by atoms with Gasteiger partial charge in [-0.05, 0) is 12.8 Å². The van der Waals surface area contributed by atoms with E-state index in [9.17, 15) is 4.39 Å². The normalized spacial score (nSPS) is 30.9. The van der Waals surface area contributed by atoms with Crippen LogP contribution < -0.4 is 5.73 Å². The van der Waals surface area contributed by atoms with Gasteiger partial charge in [0.1, 0.15) is 5.67 Å². The van der Waals surface area contributed by atoms with Gasteiger partial charge >= 0.3 is 0 Å². The van der Waals surface area contributed by atoms with Crippen molar-refractivity contribution < 1.29 is 9.13 Å². The van der Waals surface area contributed by atoms with Crippen LogP contribution in [0.5, 0.6) is 0 Å². The highest BCUT2D eigenvalue weighted by Crippen LogP contribution is 2.40. The average molecular weight is 225 g/mol. The fourth-order valence-electron chi connectivity index (χ4n) is 1.76. The lowest BCUT2D eigenvalue weighted by molar-refractivity contribution is -0.0313. The first kappa shape index (κ1) is 12.2. The van der Waals surface area contributed by atoms with Gasteiger partial charge in [-0.1, -0.05) is 0 Å². The second-order valence-corrected chi connectivity index (χ2v) is 4.11. The molecule has 2 fully saturated rings. The number of ether oxygens (including phenoxy) is 1. The molecular weight excluding hydrogens is 207 g/mol. The maximum atomic E-state index is 13.4. The first-order valence-corrected chi connectivity index (χ1v) is 4.95. The van der Waals surface area contributed by atoms with Crippen LogP contribution in [0.3, 0.4) is 0 Å².